The number of aliphatic hydroxyl groups is 1. The second-order valence-corrected chi connectivity index (χ2v) is 6.45. The topological polar surface area (TPSA) is 109 Å². The van der Waals surface area contributed by atoms with Gasteiger partial charge in [-0.2, -0.15) is 0 Å². The number of urea groups is 1. The molecule has 8 heteroatoms. The Morgan fingerprint density at radius 1 is 1.24 bits per heavy atom. The summed E-state index contributed by atoms with van der Waals surface area (Å²) in [6, 6.07) is -0.442. The summed E-state index contributed by atoms with van der Waals surface area (Å²) < 4.78 is 10.6. The van der Waals surface area contributed by atoms with Crippen LogP contribution in [0.15, 0.2) is 12.2 Å². The Balaban J connectivity index is 1.78. The Bertz CT molecular complexity index is 465. The van der Waals surface area contributed by atoms with Crippen LogP contribution in [-0.2, 0) is 14.3 Å². The highest BCUT2D eigenvalue weighted by molar-refractivity contribution is 5.77. The van der Waals surface area contributed by atoms with Gasteiger partial charge in [0.15, 0.2) is 0 Å². The van der Waals surface area contributed by atoms with Crippen LogP contribution in [0.1, 0.15) is 32.1 Å². The van der Waals surface area contributed by atoms with Gasteiger partial charge < -0.3 is 30.5 Å². The van der Waals surface area contributed by atoms with Gasteiger partial charge in [-0.25, -0.2) is 4.79 Å². The van der Waals surface area contributed by atoms with Crippen LogP contribution in [0.25, 0.3) is 0 Å². The van der Waals surface area contributed by atoms with Gasteiger partial charge in [-0.1, -0.05) is 25.0 Å². The van der Waals surface area contributed by atoms with E-state index in [9.17, 15) is 14.7 Å². The van der Waals surface area contributed by atoms with Crippen LogP contribution in [-0.4, -0.2) is 68.2 Å². The number of hydrogen-bond acceptors (Lipinski definition) is 5. The number of nitrogens with one attached hydrogen (secondary N) is 3. The minimum absolute atomic E-state index is 0.145. The number of carbonyl (C=O) groups excluding carboxylic acids is 2. The summed E-state index contributed by atoms with van der Waals surface area (Å²) in [7, 11) is 1.57. The van der Waals surface area contributed by atoms with Crippen LogP contribution in [0, 0.1) is 0 Å². The van der Waals surface area contributed by atoms with Crippen molar-refractivity contribution in [1.82, 2.24) is 16.0 Å². The molecule has 142 valence electrons. The molecule has 1 saturated carbocycles. The van der Waals surface area contributed by atoms with E-state index in [2.05, 4.69) is 16.0 Å². The van der Waals surface area contributed by atoms with Crippen LogP contribution in [0.3, 0.4) is 0 Å². The smallest absolute Gasteiger partial charge is 0.315 e. The van der Waals surface area contributed by atoms with E-state index in [1.54, 1.807) is 19.3 Å². The fourth-order valence-corrected chi connectivity index (χ4v) is 3.13. The quantitative estimate of drug-likeness (QED) is 0.364. The summed E-state index contributed by atoms with van der Waals surface area (Å²) >= 11 is 0. The average Bonchev–Trinajstić information content (AvgIpc) is 3.09. The number of methoxy groups -OCH3 is 1. The minimum Gasteiger partial charge on any atom is -0.394 e. The summed E-state index contributed by atoms with van der Waals surface area (Å²) in [4.78, 5) is 23.9. The van der Waals surface area contributed by atoms with Gasteiger partial charge >= 0.3 is 6.03 Å². The van der Waals surface area contributed by atoms with E-state index in [0.29, 0.717) is 13.2 Å². The van der Waals surface area contributed by atoms with Gasteiger partial charge in [0.05, 0.1) is 31.8 Å². The Morgan fingerprint density at radius 2 is 2.00 bits per heavy atom. The molecule has 0 spiro atoms. The number of amides is 3. The number of carbonyl (C=O) groups is 2. The molecule has 25 heavy (non-hydrogen) atoms. The maximum atomic E-state index is 12.1. The van der Waals surface area contributed by atoms with E-state index in [1.165, 1.54) is 0 Å². The van der Waals surface area contributed by atoms with Gasteiger partial charge in [-0.15, -0.1) is 0 Å². The molecule has 2 rings (SSSR count). The maximum absolute atomic E-state index is 12.1. The Hall–Kier alpha value is -1.64. The van der Waals surface area contributed by atoms with Crippen LogP contribution in [0.4, 0.5) is 4.79 Å². The Morgan fingerprint density at radius 3 is 2.68 bits per heavy atom. The zero-order chi connectivity index (χ0) is 18.1. The zero-order valence-electron chi connectivity index (χ0n) is 14.7. The third-order valence-corrected chi connectivity index (χ3v) is 4.47. The predicted octanol–water partition coefficient (Wildman–Crippen LogP) is 0.0654. The molecule has 8 nitrogen and oxygen atoms in total. The summed E-state index contributed by atoms with van der Waals surface area (Å²) in [6.45, 7) is 0.662. The molecule has 3 amide bonds. The molecule has 4 N–H and O–H groups in total. The first-order chi connectivity index (χ1) is 12.1. The molecule has 2 aliphatic rings. The number of ether oxygens (including phenoxy) is 2. The fraction of sp³-hybridized carbons (Fsp3) is 0.765. The lowest BCUT2D eigenvalue weighted by Gasteiger charge is -2.32. The average molecular weight is 355 g/mol. The van der Waals surface area contributed by atoms with Gasteiger partial charge in [0, 0.05) is 19.7 Å². The SMILES string of the molecule is COCCNC(=O)C[C@H]1C=C[C@@H](NC(=O)NC2CCCC2)[C@@H](CO)O1. The molecule has 0 saturated heterocycles. The number of aliphatic hydroxyl groups excluding tert-OH is 1. The first-order valence-corrected chi connectivity index (χ1v) is 8.89. The Kier molecular flexibility index (Phi) is 8.17. The molecule has 1 aliphatic heterocycles. The van der Waals surface area contributed by atoms with Crippen molar-refractivity contribution in [3.8, 4) is 0 Å². The molecule has 0 bridgehead atoms. The van der Waals surface area contributed by atoms with Gasteiger partial charge in [0.2, 0.25) is 5.91 Å². The van der Waals surface area contributed by atoms with Crippen molar-refractivity contribution in [1.29, 1.82) is 0 Å². The van der Waals surface area contributed by atoms with Crippen molar-refractivity contribution >= 4 is 11.9 Å². The Labute approximate surface area is 148 Å². The van der Waals surface area contributed by atoms with E-state index < -0.39 is 18.2 Å². The van der Waals surface area contributed by atoms with E-state index >= 15 is 0 Å². The number of rotatable bonds is 8. The molecule has 0 radical (unpaired) electrons. The zero-order valence-corrected chi connectivity index (χ0v) is 14.7. The van der Waals surface area contributed by atoms with Crippen LogP contribution < -0.4 is 16.0 Å². The lowest BCUT2D eigenvalue weighted by molar-refractivity contribution is -0.125. The highest BCUT2D eigenvalue weighted by atomic mass is 16.5. The van der Waals surface area contributed by atoms with E-state index in [0.717, 1.165) is 25.7 Å². The van der Waals surface area contributed by atoms with Crippen LogP contribution in [0.5, 0.6) is 0 Å². The monoisotopic (exact) mass is 355 g/mol. The van der Waals surface area contributed by atoms with Crippen molar-refractivity contribution in [2.45, 2.75) is 56.4 Å². The first kappa shape index (κ1) is 19.7. The molecule has 1 heterocycles. The van der Waals surface area contributed by atoms with Crippen molar-refractivity contribution in [2.24, 2.45) is 0 Å². The summed E-state index contributed by atoms with van der Waals surface area (Å²) in [6.07, 6.45) is 7.01. The van der Waals surface area contributed by atoms with Crippen molar-refractivity contribution in [3.05, 3.63) is 12.2 Å². The third-order valence-electron chi connectivity index (χ3n) is 4.47. The fourth-order valence-electron chi connectivity index (χ4n) is 3.13. The van der Waals surface area contributed by atoms with Gasteiger partial charge in [-0.05, 0) is 12.8 Å². The third kappa shape index (κ3) is 6.64. The molecular formula is C17H29N3O5. The normalized spacial score (nSPS) is 26.4. The van der Waals surface area contributed by atoms with Gasteiger partial charge in [0.25, 0.3) is 0 Å². The lowest BCUT2D eigenvalue weighted by Crippen LogP contribution is -2.53. The molecule has 0 unspecified atom stereocenters. The van der Waals surface area contributed by atoms with E-state index in [4.69, 9.17) is 9.47 Å². The maximum Gasteiger partial charge on any atom is 0.315 e. The molecule has 1 aliphatic carbocycles. The molecular weight excluding hydrogens is 326 g/mol. The van der Waals surface area contributed by atoms with Crippen LogP contribution in [0.2, 0.25) is 0 Å². The molecule has 0 aromatic rings. The molecule has 1 fully saturated rings. The van der Waals surface area contributed by atoms with Crippen molar-refractivity contribution in [3.63, 3.8) is 0 Å². The highest BCUT2D eigenvalue weighted by Gasteiger charge is 2.29. The molecule has 0 aromatic carbocycles. The van der Waals surface area contributed by atoms with Gasteiger partial charge in [0.1, 0.15) is 6.10 Å². The van der Waals surface area contributed by atoms with Crippen LogP contribution >= 0.6 is 0 Å². The summed E-state index contributed by atoms with van der Waals surface area (Å²) in [5.74, 6) is -0.145. The standard InChI is InChI=1S/C17H29N3O5/c1-24-9-8-18-16(22)10-13-6-7-14(15(11-21)25-13)20-17(23)19-12-4-2-3-5-12/h6-7,12-15,21H,2-5,8-11H2,1H3,(H,18,22)(H2,19,20,23)/t13-,14-,15-/m1/s1. The van der Waals surface area contributed by atoms with E-state index in [1.807, 2.05) is 0 Å². The summed E-state index contributed by atoms with van der Waals surface area (Å²) in [5.41, 5.74) is 0. The predicted molar refractivity (Wildman–Crippen MR) is 92.1 cm³/mol. The van der Waals surface area contributed by atoms with Crippen molar-refractivity contribution < 1.29 is 24.2 Å². The minimum atomic E-state index is -0.573. The molecule has 3 atom stereocenters. The second-order valence-electron chi connectivity index (χ2n) is 6.45. The largest absolute Gasteiger partial charge is 0.394 e. The van der Waals surface area contributed by atoms with E-state index in [-0.39, 0.29) is 31.0 Å². The second kappa shape index (κ2) is 10.4. The molecule has 0 aromatic heterocycles. The summed E-state index contributed by atoms with van der Waals surface area (Å²) in [5, 5.41) is 18.0. The van der Waals surface area contributed by atoms with Gasteiger partial charge in [-0.3, -0.25) is 4.79 Å². The number of hydrogen-bond donors (Lipinski definition) is 4. The first-order valence-electron chi connectivity index (χ1n) is 8.89. The highest BCUT2D eigenvalue weighted by Crippen LogP contribution is 2.18. The lowest BCUT2D eigenvalue weighted by atomic mass is 10.0. The van der Waals surface area contributed by atoms with Crippen molar-refractivity contribution in [2.75, 3.05) is 26.9 Å².